The minimum Gasteiger partial charge on any atom is -0.472 e. The van der Waals surface area contributed by atoms with Crippen LogP contribution < -0.4 is 0 Å². The highest BCUT2D eigenvalue weighted by molar-refractivity contribution is 5.90. The molecule has 0 spiro atoms. The summed E-state index contributed by atoms with van der Waals surface area (Å²) < 4.78 is 12.3. The SMILES string of the molecule is OC[C@H]1O[C@@H](n2ccc3c(-c4ccoc4)ncnc32)[C@H](O)[C@@H]1O. The predicted molar refractivity (Wildman–Crippen MR) is 78.2 cm³/mol. The zero-order valence-electron chi connectivity index (χ0n) is 12.0. The molecule has 0 aromatic carbocycles. The number of aromatic nitrogens is 3. The first kappa shape index (κ1) is 14.3. The number of hydrogen-bond acceptors (Lipinski definition) is 7. The highest BCUT2D eigenvalue weighted by Gasteiger charge is 2.43. The van der Waals surface area contributed by atoms with Crippen LogP contribution in [-0.4, -0.2) is 54.8 Å². The van der Waals surface area contributed by atoms with Crippen LogP contribution in [0.2, 0.25) is 0 Å². The first-order valence-corrected chi connectivity index (χ1v) is 7.17. The van der Waals surface area contributed by atoms with Crippen LogP contribution in [0.25, 0.3) is 22.3 Å². The molecule has 1 saturated heterocycles. The maximum Gasteiger partial charge on any atom is 0.164 e. The standard InChI is InChI=1S/C15H15N3O5/c19-5-10-12(20)13(21)15(23-10)18-3-1-9-11(8-2-4-22-6-8)16-7-17-14(9)18/h1-4,6-7,10,12-13,15,19-21H,5H2/t10-,12-,13-,15-/m1/s1. The van der Waals surface area contributed by atoms with E-state index in [4.69, 9.17) is 9.15 Å². The molecule has 0 amide bonds. The van der Waals surface area contributed by atoms with Crippen molar-refractivity contribution in [1.29, 1.82) is 0 Å². The van der Waals surface area contributed by atoms with E-state index >= 15 is 0 Å². The third-order valence-corrected chi connectivity index (χ3v) is 4.10. The second-order valence-electron chi connectivity index (χ2n) is 5.42. The monoisotopic (exact) mass is 317 g/mol. The highest BCUT2D eigenvalue weighted by atomic mass is 16.6. The van der Waals surface area contributed by atoms with Crippen molar-refractivity contribution in [3.8, 4) is 11.3 Å². The summed E-state index contributed by atoms with van der Waals surface area (Å²) in [5, 5.41) is 30.1. The molecule has 8 heteroatoms. The molecule has 8 nitrogen and oxygen atoms in total. The van der Waals surface area contributed by atoms with Crippen molar-refractivity contribution < 1.29 is 24.5 Å². The number of rotatable bonds is 3. The summed E-state index contributed by atoms with van der Waals surface area (Å²) in [6.45, 7) is -0.372. The van der Waals surface area contributed by atoms with Gasteiger partial charge in [0.15, 0.2) is 6.23 Å². The Morgan fingerprint density at radius 3 is 2.74 bits per heavy atom. The molecule has 1 aliphatic heterocycles. The number of furan rings is 1. The molecule has 23 heavy (non-hydrogen) atoms. The van der Waals surface area contributed by atoms with Gasteiger partial charge in [-0.15, -0.1) is 0 Å². The molecule has 1 fully saturated rings. The van der Waals surface area contributed by atoms with Crippen LogP contribution in [0.3, 0.4) is 0 Å². The Hall–Kier alpha value is -2.26. The number of nitrogens with zero attached hydrogens (tertiary/aromatic N) is 3. The molecule has 0 aliphatic carbocycles. The van der Waals surface area contributed by atoms with Crippen LogP contribution in [0.15, 0.2) is 41.6 Å². The Kier molecular flexibility index (Phi) is 3.38. The first-order chi connectivity index (χ1) is 11.2. The summed E-state index contributed by atoms with van der Waals surface area (Å²) in [4.78, 5) is 8.53. The Bertz CT molecular complexity index is 816. The molecule has 120 valence electrons. The number of fused-ring (bicyclic) bond motifs is 1. The molecule has 0 unspecified atom stereocenters. The van der Waals surface area contributed by atoms with E-state index in [1.54, 1.807) is 29.4 Å². The van der Waals surface area contributed by atoms with E-state index in [1.165, 1.54) is 6.33 Å². The minimum absolute atomic E-state index is 0.372. The molecule has 4 heterocycles. The minimum atomic E-state index is -1.16. The smallest absolute Gasteiger partial charge is 0.164 e. The van der Waals surface area contributed by atoms with E-state index in [1.807, 2.05) is 6.07 Å². The lowest BCUT2D eigenvalue weighted by Crippen LogP contribution is -2.33. The Balaban J connectivity index is 1.80. The largest absolute Gasteiger partial charge is 0.472 e. The zero-order valence-corrected chi connectivity index (χ0v) is 12.0. The highest BCUT2D eigenvalue weighted by Crippen LogP contribution is 2.34. The van der Waals surface area contributed by atoms with Crippen molar-refractivity contribution >= 4 is 11.0 Å². The third kappa shape index (κ3) is 2.15. The second kappa shape index (κ2) is 5.43. The first-order valence-electron chi connectivity index (χ1n) is 7.17. The van der Waals surface area contributed by atoms with Gasteiger partial charge in [-0.2, -0.15) is 0 Å². The van der Waals surface area contributed by atoms with Crippen LogP contribution in [0.1, 0.15) is 6.23 Å². The lowest BCUT2D eigenvalue weighted by Gasteiger charge is -2.17. The average Bonchev–Trinajstić information content (AvgIpc) is 3.28. The van der Waals surface area contributed by atoms with Crippen LogP contribution in [-0.2, 0) is 4.74 Å². The van der Waals surface area contributed by atoms with Gasteiger partial charge in [0.25, 0.3) is 0 Å². The van der Waals surface area contributed by atoms with E-state index in [0.29, 0.717) is 11.3 Å². The topological polar surface area (TPSA) is 114 Å². The molecule has 3 N–H and O–H groups in total. The molecular formula is C15H15N3O5. The fourth-order valence-electron chi connectivity index (χ4n) is 2.92. The second-order valence-corrected chi connectivity index (χ2v) is 5.42. The van der Waals surface area contributed by atoms with E-state index in [2.05, 4.69) is 9.97 Å². The van der Waals surface area contributed by atoms with Crippen molar-refractivity contribution in [2.45, 2.75) is 24.5 Å². The van der Waals surface area contributed by atoms with Gasteiger partial charge in [0.1, 0.15) is 30.3 Å². The molecule has 0 bridgehead atoms. The van der Waals surface area contributed by atoms with E-state index in [0.717, 1.165) is 10.9 Å². The van der Waals surface area contributed by atoms with E-state index < -0.39 is 24.5 Å². The molecule has 4 rings (SSSR count). The number of ether oxygens (including phenoxy) is 1. The van der Waals surface area contributed by atoms with Crippen molar-refractivity contribution in [2.24, 2.45) is 0 Å². The van der Waals surface area contributed by atoms with Gasteiger partial charge in [-0.1, -0.05) is 0 Å². The van der Waals surface area contributed by atoms with Gasteiger partial charge in [0.05, 0.1) is 24.8 Å². The summed E-state index contributed by atoms with van der Waals surface area (Å²) >= 11 is 0. The summed E-state index contributed by atoms with van der Waals surface area (Å²) in [6.07, 6.45) is 2.31. The van der Waals surface area contributed by atoms with Crippen LogP contribution in [0, 0.1) is 0 Å². The van der Waals surface area contributed by atoms with Gasteiger partial charge < -0.3 is 29.0 Å². The van der Waals surface area contributed by atoms with Gasteiger partial charge >= 0.3 is 0 Å². The zero-order chi connectivity index (χ0) is 16.0. The normalized spacial score (nSPS) is 27.8. The van der Waals surface area contributed by atoms with Gasteiger partial charge in [-0.25, -0.2) is 9.97 Å². The lowest BCUT2D eigenvalue weighted by molar-refractivity contribution is -0.0508. The Morgan fingerprint density at radius 2 is 2.04 bits per heavy atom. The van der Waals surface area contributed by atoms with Crippen molar-refractivity contribution in [1.82, 2.24) is 14.5 Å². The molecule has 1 aliphatic rings. The van der Waals surface area contributed by atoms with Crippen LogP contribution in [0.4, 0.5) is 0 Å². The average molecular weight is 317 g/mol. The van der Waals surface area contributed by atoms with Crippen molar-refractivity contribution in [2.75, 3.05) is 6.61 Å². The lowest BCUT2D eigenvalue weighted by atomic mass is 10.1. The van der Waals surface area contributed by atoms with E-state index in [9.17, 15) is 15.3 Å². The van der Waals surface area contributed by atoms with Gasteiger partial charge in [-0.3, -0.25) is 0 Å². The summed E-state index contributed by atoms with van der Waals surface area (Å²) in [7, 11) is 0. The number of hydrogen-bond donors (Lipinski definition) is 3. The molecular weight excluding hydrogens is 302 g/mol. The molecule has 4 atom stereocenters. The number of aliphatic hydroxyl groups is 3. The summed E-state index contributed by atoms with van der Waals surface area (Å²) in [6, 6.07) is 3.61. The van der Waals surface area contributed by atoms with Crippen LogP contribution >= 0.6 is 0 Å². The van der Waals surface area contributed by atoms with E-state index in [-0.39, 0.29) is 6.61 Å². The predicted octanol–water partition coefficient (Wildman–Crippen LogP) is 0.303. The third-order valence-electron chi connectivity index (χ3n) is 4.10. The quantitative estimate of drug-likeness (QED) is 0.636. The maximum absolute atomic E-state index is 10.2. The molecule has 0 saturated carbocycles. The Morgan fingerprint density at radius 1 is 1.17 bits per heavy atom. The number of aliphatic hydroxyl groups excluding tert-OH is 3. The van der Waals surface area contributed by atoms with Crippen molar-refractivity contribution in [3.05, 3.63) is 37.2 Å². The van der Waals surface area contributed by atoms with Crippen LogP contribution in [0.5, 0.6) is 0 Å². The van der Waals surface area contributed by atoms with Crippen molar-refractivity contribution in [3.63, 3.8) is 0 Å². The molecule has 3 aromatic rings. The fraction of sp³-hybridized carbons (Fsp3) is 0.333. The van der Waals surface area contributed by atoms with Gasteiger partial charge in [-0.05, 0) is 12.1 Å². The fourth-order valence-corrected chi connectivity index (χ4v) is 2.92. The molecule has 0 radical (unpaired) electrons. The molecule has 3 aromatic heterocycles. The maximum atomic E-state index is 10.2. The summed E-state index contributed by atoms with van der Waals surface area (Å²) in [5.74, 6) is 0. The Labute approximate surface area is 130 Å². The van der Waals surface area contributed by atoms with Gasteiger partial charge in [0.2, 0.25) is 0 Å². The van der Waals surface area contributed by atoms with Gasteiger partial charge in [0, 0.05) is 17.1 Å². The summed E-state index contributed by atoms with van der Waals surface area (Å²) in [5.41, 5.74) is 2.08.